The average Bonchev–Trinajstić information content (AvgIpc) is 2.73. The SMILES string of the molecule is NC/C=C\CN(CC1CCc2cccnc2C1)[C@H]1CCCc2cccnc21. The number of nitrogens with two attached hydrogens (primary N) is 1. The standard InChI is InChI=1S/C23H30N4/c24-12-1-2-15-27(22-9-3-6-20-8-5-14-26-23(20)22)17-18-10-11-19-7-4-13-25-21(19)16-18/h1-2,4-5,7-8,13-14,18,22H,3,6,9-12,15-17,24H2/b2-1-/t18?,22-/m0/s1. The number of fused-ring (bicyclic) bond motifs is 2. The molecule has 0 saturated carbocycles. The molecule has 2 N–H and O–H groups in total. The van der Waals surface area contributed by atoms with Gasteiger partial charge in [-0.25, -0.2) is 0 Å². The molecule has 2 aromatic rings. The Hall–Kier alpha value is -2.04. The summed E-state index contributed by atoms with van der Waals surface area (Å²) in [6, 6.07) is 9.05. The third-order valence-corrected chi connectivity index (χ3v) is 6.03. The van der Waals surface area contributed by atoms with E-state index in [-0.39, 0.29) is 0 Å². The molecule has 0 amide bonds. The minimum atomic E-state index is 0.419. The van der Waals surface area contributed by atoms with Crippen molar-refractivity contribution in [1.29, 1.82) is 0 Å². The molecular formula is C23H30N4. The van der Waals surface area contributed by atoms with Crippen molar-refractivity contribution < 1.29 is 0 Å². The fourth-order valence-electron chi connectivity index (χ4n) is 4.68. The Kier molecular flexibility index (Phi) is 5.95. The summed E-state index contributed by atoms with van der Waals surface area (Å²) in [4.78, 5) is 12.1. The molecule has 2 aliphatic carbocycles. The second kappa shape index (κ2) is 8.77. The van der Waals surface area contributed by atoms with E-state index in [0.717, 1.165) is 32.4 Å². The van der Waals surface area contributed by atoms with Gasteiger partial charge in [0.2, 0.25) is 0 Å². The van der Waals surface area contributed by atoms with Gasteiger partial charge in [0.15, 0.2) is 0 Å². The third-order valence-electron chi connectivity index (χ3n) is 6.03. The number of pyridine rings is 2. The second-order valence-corrected chi connectivity index (χ2v) is 7.83. The predicted molar refractivity (Wildman–Crippen MR) is 109 cm³/mol. The first-order valence-electron chi connectivity index (χ1n) is 10.3. The Morgan fingerprint density at radius 3 is 2.78 bits per heavy atom. The van der Waals surface area contributed by atoms with Gasteiger partial charge in [-0.1, -0.05) is 24.3 Å². The van der Waals surface area contributed by atoms with Gasteiger partial charge < -0.3 is 5.73 Å². The molecule has 0 fully saturated rings. The van der Waals surface area contributed by atoms with Crippen molar-refractivity contribution >= 4 is 0 Å². The van der Waals surface area contributed by atoms with Crippen molar-refractivity contribution in [3.05, 3.63) is 71.3 Å². The molecule has 0 aliphatic heterocycles. The Balaban J connectivity index is 1.53. The summed E-state index contributed by atoms with van der Waals surface area (Å²) in [5.41, 5.74) is 11.1. The summed E-state index contributed by atoms with van der Waals surface area (Å²) in [6.45, 7) is 2.66. The number of rotatable bonds is 6. The Labute approximate surface area is 162 Å². The van der Waals surface area contributed by atoms with Crippen molar-refractivity contribution in [1.82, 2.24) is 14.9 Å². The van der Waals surface area contributed by atoms with Gasteiger partial charge in [-0.15, -0.1) is 0 Å². The monoisotopic (exact) mass is 362 g/mol. The summed E-state index contributed by atoms with van der Waals surface area (Å²) >= 11 is 0. The maximum Gasteiger partial charge on any atom is 0.0607 e. The zero-order chi connectivity index (χ0) is 18.5. The van der Waals surface area contributed by atoms with Crippen LogP contribution in [0.4, 0.5) is 0 Å². The summed E-state index contributed by atoms with van der Waals surface area (Å²) in [5.74, 6) is 0.660. The molecule has 2 atom stereocenters. The highest BCUT2D eigenvalue weighted by Crippen LogP contribution is 2.34. The lowest BCUT2D eigenvalue weighted by Crippen LogP contribution is -2.37. The normalized spacial score (nSPS) is 22.0. The number of hydrogen-bond acceptors (Lipinski definition) is 4. The van der Waals surface area contributed by atoms with Crippen LogP contribution in [-0.2, 0) is 19.3 Å². The first-order valence-corrected chi connectivity index (χ1v) is 10.3. The maximum absolute atomic E-state index is 5.68. The minimum absolute atomic E-state index is 0.419. The van der Waals surface area contributed by atoms with Crippen LogP contribution in [0.1, 0.15) is 47.8 Å². The Bertz CT molecular complexity index is 785. The third kappa shape index (κ3) is 4.28. The number of nitrogens with zero attached hydrogens (tertiary/aromatic N) is 3. The number of aryl methyl sites for hydroxylation is 2. The Morgan fingerprint density at radius 2 is 1.89 bits per heavy atom. The highest BCUT2D eigenvalue weighted by molar-refractivity contribution is 5.26. The quantitative estimate of drug-likeness (QED) is 0.800. The average molecular weight is 363 g/mol. The van der Waals surface area contributed by atoms with E-state index < -0.39 is 0 Å². The van der Waals surface area contributed by atoms with Crippen molar-refractivity contribution in [3.8, 4) is 0 Å². The summed E-state index contributed by atoms with van der Waals surface area (Å²) < 4.78 is 0. The number of aromatic nitrogens is 2. The maximum atomic E-state index is 5.68. The molecule has 4 heteroatoms. The molecule has 0 bridgehead atoms. The fraction of sp³-hybridized carbons (Fsp3) is 0.478. The van der Waals surface area contributed by atoms with E-state index in [1.165, 1.54) is 41.8 Å². The van der Waals surface area contributed by atoms with Crippen LogP contribution in [0.3, 0.4) is 0 Å². The topological polar surface area (TPSA) is 55.0 Å². The molecule has 142 valence electrons. The minimum Gasteiger partial charge on any atom is -0.327 e. The molecule has 0 radical (unpaired) electrons. The molecule has 2 heterocycles. The molecular weight excluding hydrogens is 332 g/mol. The molecule has 0 saturated heterocycles. The summed E-state index contributed by atoms with van der Waals surface area (Å²) in [6.07, 6.45) is 15.3. The van der Waals surface area contributed by atoms with Crippen LogP contribution in [-0.4, -0.2) is 34.5 Å². The number of hydrogen-bond donors (Lipinski definition) is 1. The Morgan fingerprint density at radius 1 is 1.04 bits per heavy atom. The fourth-order valence-corrected chi connectivity index (χ4v) is 4.68. The van der Waals surface area contributed by atoms with Gasteiger partial charge in [-0.2, -0.15) is 0 Å². The van der Waals surface area contributed by atoms with Gasteiger partial charge in [-0.3, -0.25) is 14.9 Å². The predicted octanol–water partition coefficient (Wildman–Crippen LogP) is 3.48. The van der Waals surface area contributed by atoms with Crippen molar-refractivity contribution in [2.24, 2.45) is 11.7 Å². The lowest BCUT2D eigenvalue weighted by Gasteiger charge is -2.37. The zero-order valence-electron chi connectivity index (χ0n) is 16.1. The van der Waals surface area contributed by atoms with E-state index >= 15 is 0 Å². The van der Waals surface area contributed by atoms with Gasteiger partial charge in [0.1, 0.15) is 0 Å². The van der Waals surface area contributed by atoms with Crippen LogP contribution in [0, 0.1) is 5.92 Å². The van der Waals surface area contributed by atoms with Crippen LogP contribution < -0.4 is 5.73 Å². The zero-order valence-corrected chi connectivity index (χ0v) is 16.1. The van der Waals surface area contributed by atoms with Gasteiger partial charge in [0.05, 0.1) is 11.7 Å². The van der Waals surface area contributed by atoms with E-state index in [4.69, 9.17) is 10.7 Å². The highest BCUT2D eigenvalue weighted by Gasteiger charge is 2.29. The van der Waals surface area contributed by atoms with Crippen LogP contribution in [0.15, 0.2) is 48.8 Å². The van der Waals surface area contributed by atoms with Gasteiger partial charge in [0, 0.05) is 37.7 Å². The van der Waals surface area contributed by atoms with Crippen molar-refractivity contribution in [2.45, 2.75) is 44.6 Å². The first-order chi connectivity index (χ1) is 13.3. The van der Waals surface area contributed by atoms with Crippen LogP contribution in [0.2, 0.25) is 0 Å². The largest absolute Gasteiger partial charge is 0.327 e. The molecule has 27 heavy (non-hydrogen) atoms. The van der Waals surface area contributed by atoms with E-state index in [1.54, 1.807) is 0 Å². The van der Waals surface area contributed by atoms with Gasteiger partial charge in [-0.05, 0) is 67.7 Å². The van der Waals surface area contributed by atoms with E-state index in [2.05, 4.69) is 46.3 Å². The summed E-state index contributed by atoms with van der Waals surface area (Å²) in [5, 5.41) is 0. The van der Waals surface area contributed by atoms with Gasteiger partial charge >= 0.3 is 0 Å². The molecule has 2 aliphatic rings. The molecule has 2 aromatic heterocycles. The molecule has 0 aromatic carbocycles. The second-order valence-electron chi connectivity index (χ2n) is 7.83. The molecule has 1 unspecified atom stereocenters. The molecule has 4 nitrogen and oxygen atoms in total. The van der Waals surface area contributed by atoms with Gasteiger partial charge in [0.25, 0.3) is 0 Å². The van der Waals surface area contributed by atoms with E-state index in [0.29, 0.717) is 18.5 Å². The lowest BCUT2D eigenvalue weighted by molar-refractivity contribution is 0.157. The van der Waals surface area contributed by atoms with Crippen molar-refractivity contribution in [3.63, 3.8) is 0 Å². The van der Waals surface area contributed by atoms with Crippen molar-refractivity contribution in [2.75, 3.05) is 19.6 Å². The van der Waals surface area contributed by atoms with Crippen LogP contribution in [0.25, 0.3) is 0 Å². The molecule has 4 rings (SSSR count). The first kappa shape index (κ1) is 18.3. The van der Waals surface area contributed by atoms with E-state index in [1.807, 2.05) is 12.4 Å². The highest BCUT2D eigenvalue weighted by atomic mass is 15.2. The molecule has 0 spiro atoms. The summed E-state index contributed by atoms with van der Waals surface area (Å²) in [7, 11) is 0. The van der Waals surface area contributed by atoms with Crippen LogP contribution in [0.5, 0.6) is 0 Å². The smallest absolute Gasteiger partial charge is 0.0607 e. The lowest BCUT2D eigenvalue weighted by atomic mass is 9.85. The van der Waals surface area contributed by atoms with E-state index in [9.17, 15) is 0 Å². The van der Waals surface area contributed by atoms with Crippen LogP contribution >= 0.6 is 0 Å².